The molecule has 1 saturated carbocycles. The van der Waals surface area contributed by atoms with Crippen molar-refractivity contribution in [2.24, 2.45) is 16.7 Å². The zero-order valence-corrected chi connectivity index (χ0v) is 17.4. The van der Waals surface area contributed by atoms with E-state index in [9.17, 15) is 9.59 Å². The quantitative estimate of drug-likeness (QED) is 0.823. The van der Waals surface area contributed by atoms with Crippen LogP contribution in [0.3, 0.4) is 0 Å². The molecular formula is C22H29N3O3. The summed E-state index contributed by atoms with van der Waals surface area (Å²) in [6, 6.07) is 4.12. The van der Waals surface area contributed by atoms with Gasteiger partial charge in [-0.2, -0.15) is 0 Å². The molecule has 2 fully saturated rings. The average molecular weight is 383 g/mol. The first-order valence-electron chi connectivity index (χ1n) is 9.99. The van der Waals surface area contributed by atoms with Crippen molar-refractivity contribution in [1.29, 1.82) is 0 Å². The lowest BCUT2D eigenvalue weighted by Crippen LogP contribution is -2.57. The van der Waals surface area contributed by atoms with Crippen molar-refractivity contribution in [2.45, 2.75) is 47.0 Å². The Bertz CT molecular complexity index is 961. The number of H-pyrrole nitrogens is 1. The Kier molecular flexibility index (Phi) is 4.28. The summed E-state index contributed by atoms with van der Waals surface area (Å²) in [5.74, 6) is 0.924. The molecule has 2 atom stereocenters. The topological polar surface area (TPSA) is 75.3 Å². The summed E-state index contributed by atoms with van der Waals surface area (Å²) in [5.41, 5.74) is 3.93. The van der Waals surface area contributed by atoms with Crippen molar-refractivity contribution in [2.75, 3.05) is 20.2 Å². The minimum Gasteiger partial charge on any atom is -0.469 e. The normalized spacial score (nSPS) is 25.5. The van der Waals surface area contributed by atoms with Gasteiger partial charge in [0.2, 0.25) is 5.91 Å². The van der Waals surface area contributed by atoms with Gasteiger partial charge in [-0.25, -0.2) is 4.98 Å². The fourth-order valence-corrected chi connectivity index (χ4v) is 5.43. The van der Waals surface area contributed by atoms with E-state index >= 15 is 0 Å². The number of fused-ring (bicyclic) bond motifs is 2. The molecule has 0 spiro atoms. The van der Waals surface area contributed by atoms with E-state index in [2.05, 4.69) is 38.7 Å². The summed E-state index contributed by atoms with van der Waals surface area (Å²) >= 11 is 0. The lowest BCUT2D eigenvalue weighted by molar-refractivity contribution is -0.174. The number of aryl methyl sites for hydroxylation is 3. The van der Waals surface area contributed by atoms with Crippen LogP contribution in [0.25, 0.3) is 11.0 Å². The van der Waals surface area contributed by atoms with Crippen LogP contribution in [0.2, 0.25) is 0 Å². The number of carbonyl (C=O) groups is 2. The maximum absolute atomic E-state index is 12.9. The number of imidazole rings is 1. The highest BCUT2D eigenvalue weighted by Gasteiger charge is 2.67. The number of esters is 1. The molecule has 2 aliphatic rings. The number of amides is 1. The standard InChI is InChI=1S/C22H29N3O3/c1-13-6-7-15-19(14(13)2)24-17(23-15)8-9-18(26)25-10-16-21(3,4)11-22(16,12-25)20(27)28-5/h6-7,16H,8-12H2,1-5H3,(H,23,24)/t16-,22+/m1/s1. The number of aromatic nitrogens is 2. The number of nitrogens with zero attached hydrogens (tertiary/aromatic N) is 2. The van der Waals surface area contributed by atoms with Crippen molar-refractivity contribution in [3.05, 3.63) is 29.1 Å². The molecule has 6 nitrogen and oxygen atoms in total. The van der Waals surface area contributed by atoms with E-state index in [1.54, 1.807) is 0 Å². The van der Waals surface area contributed by atoms with Gasteiger partial charge in [-0.05, 0) is 48.8 Å². The number of rotatable bonds is 4. The maximum atomic E-state index is 12.9. The van der Waals surface area contributed by atoms with E-state index < -0.39 is 5.41 Å². The summed E-state index contributed by atoms with van der Waals surface area (Å²) < 4.78 is 5.07. The number of carbonyl (C=O) groups excluding carboxylic acids is 2. The number of nitrogens with one attached hydrogen (secondary N) is 1. The van der Waals surface area contributed by atoms with Gasteiger partial charge in [-0.15, -0.1) is 0 Å². The number of likely N-dealkylation sites (tertiary alicyclic amines) is 1. The lowest BCUT2D eigenvalue weighted by atomic mass is 9.48. The third-order valence-electron chi connectivity index (χ3n) is 7.01. The van der Waals surface area contributed by atoms with Crippen LogP contribution in [0.1, 0.15) is 43.6 Å². The molecule has 1 aromatic heterocycles. The van der Waals surface area contributed by atoms with Gasteiger partial charge in [0.25, 0.3) is 0 Å². The smallest absolute Gasteiger partial charge is 0.314 e. The van der Waals surface area contributed by atoms with Crippen molar-refractivity contribution in [3.8, 4) is 0 Å². The molecular weight excluding hydrogens is 354 g/mol. The largest absolute Gasteiger partial charge is 0.469 e. The fourth-order valence-electron chi connectivity index (χ4n) is 5.43. The van der Waals surface area contributed by atoms with Crippen LogP contribution in [0, 0.1) is 30.6 Å². The van der Waals surface area contributed by atoms with Crippen molar-refractivity contribution in [3.63, 3.8) is 0 Å². The van der Waals surface area contributed by atoms with Gasteiger partial charge in [0.15, 0.2) is 0 Å². The number of hydrogen-bond donors (Lipinski definition) is 1. The highest BCUT2D eigenvalue weighted by molar-refractivity contribution is 5.84. The van der Waals surface area contributed by atoms with E-state index in [0.717, 1.165) is 23.3 Å². The second kappa shape index (κ2) is 6.33. The van der Waals surface area contributed by atoms with Crippen molar-refractivity contribution >= 4 is 22.9 Å². The SMILES string of the molecule is COC(=O)[C@@]12CN(C(=O)CCc3nc4c(C)c(C)ccc4[nH]3)C[C@@H]1C(C)(C)C2. The molecule has 6 heteroatoms. The van der Waals surface area contributed by atoms with Gasteiger partial charge in [0, 0.05) is 25.9 Å². The molecule has 1 aliphatic carbocycles. The first-order chi connectivity index (χ1) is 13.2. The molecule has 1 saturated heterocycles. The molecule has 1 aromatic carbocycles. The zero-order valence-electron chi connectivity index (χ0n) is 17.4. The summed E-state index contributed by atoms with van der Waals surface area (Å²) in [6.07, 6.45) is 1.74. The van der Waals surface area contributed by atoms with Crippen molar-refractivity contribution in [1.82, 2.24) is 14.9 Å². The number of hydrogen-bond acceptors (Lipinski definition) is 4. The predicted molar refractivity (Wildman–Crippen MR) is 107 cm³/mol. The Balaban J connectivity index is 1.45. The second-order valence-electron chi connectivity index (χ2n) is 9.23. The Labute approximate surface area is 165 Å². The molecule has 0 radical (unpaired) electrons. The summed E-state index contributed by atoms with van der Waals surface area (Å²) in [5, 5.41) is 0. The summed E-state index contributed by atoms with van der Waals surface area (Å²) in [7, 11) is 1.44. The van der Waals surface area contributed by atoms with Gasteiger partial charge in [0.1, 0.15) is 5.82 Å². The minimum atomic E-state index is -0.512. The minimum absolute atomic E-state index is 0.0668. The van der Waals surface area contributed by atoms with Gasteiger partial charge >= 0.3 is 5.97 Å². The van der Waals surface area contributed by atoms with E-state index in [0.29, 0.717) is 25.9 Å². The van der Waals surface area contributed by atoms with E-state index in [4.69, 9.17) is 9.72 Å². The number of benzene rings is 1. The van der Waals surface area contributed by atoms with Crippen molar-refractivity contribution < 1.29 is 14.3 Å². The molecule has 2 aromatic rings. The summed E-state index contributed by atoms with van der Waals surface area (Å²) in [4.78, 5) is 35.2. The molecule has 1 aliphatic heterocycles. The Hall–Kier alpha value is -2.37. The van der Waals surface area contributed by atoms with Crippen LogP contribution in [0.15, 0.2) is 12.1 Å². The Morgan fingerprint density at radius 1 is 1.32 bits per heavy atom. The van der Waals surface area contributed by atoms with Crippen LogP contribution in [0.5, 0.6) is 0 Å². The first kappa shape index (κ1) is 19.0. The van der Waals surface area contributed by atoms with Gasteiger partial charge in [-0.1, -0.05) is 19.9 Å². The molecule has 2 heterocycles. The van der Waals surface area contributed by atoms with Crippen LogP contribution < -0.4 is 0 Å². The summed E-state index contributed by atoms with van der Waals surface area (Å²) in [6.45, 7) is 9.61. The monoisotopic (exact) mass is 383 g/mol. The average Bonchev–Trinajstić information content (AvgIpc) is 3.22. The first-order valence-corrected chi connectivity index (χ1v) is 9.99. The Morgan fingerprint density at radius 2 is 2.07 bits per heavy atom. The molecule has 28 heavy (non-hydrogen) atoms. The number of aromatic amines is 1. The predicted octanol–water partition coefficient (Wildman–Crippen LogP) is 3.16. The van der Waals surface area contributed by atoms with E-state index in [1.165, 1.54) is 18.2 Å². The van der Waals surface area contributed by atoms with Gasteiger partial charge in [0.05, 0.1) is 23.6 Å². The Morgan fingerprint density at radius 3 is 2.75 bits per heavy atom. The molecule has 1 amide bonds. The number of ether oxygens (including phenoxy) is 1. The molecule has 0 bridgehead atoms. The third-order valence-corrected chi connectivity index (χ3v) is 7.01. The van der Waals surface area contributed by atoms with Crippen LogP contribution in [-0.4, -0.2) is 46.9 Å². The van der Waals surface area contributed by atoms with Crippen LogP contribution in [0.4, 0.5) is 0 Å². The third kappa shape index (κ3) is 2.73. The number of methoxy groups -OCH3 is 1. The van der Waals surface area contributed by atoms with E-state index in [-0.39, 0.29) is 23.2 Å². The molecule has 150 valence electrons. The fraction of sp³-hybridized carbons (Fsp3) is 0.591. The van der Waals surface area contributed by atoms with Gasteiger partial charge in [-0.3, -0.25) is 9.59 Å². The molecule has 1 N–H and O–H groups in total. The zero-order chi connectivity index (χ0) is 20.3. The van der Waals surface area contributed by atoms with E-state index in [1.807, 2.05) is 11.0 Å². The van der Waals surface area contributed by atoms with Gasteiger partial charge < -0.3 is 14.6 Å². The highest BCUT2D eigenvalue weighted by Crippen LogP contribution is 2.63. The maximum Gasteiger partial charge on any atom is 0.314 e. The highest BCUT2D eigenvalue weighted by atomic mass is 16.5. The molecule has 4 rings (SSSR count). The van der Waals surface area contributed by atoms with Crippen LogP contribution >= 0.6 is 0 Å². The lowest BCUT2D eigenvalue weighted by Gasteiger charge is -2.54. The second-order valence-corrected chi connectivity index (χ2v) is 9.23. The van der Waals surface area contributed by atoms with Crippen LogP contribution in [-0.2, 0) is 20.7 Å². The molecule has 0 unspecified atom stereocenters.